The topological polar surface area (TPSA) is 34.9 Å². The number of nitrogens with zero attached hydrogens (tertiary/aromatic N) is 2. The third-order valence-corrected chi connectivity index (χ3v) is 1.40. The molecule has 0 radical (unpaired) electrons. The van der Waals surface area contributed by atoms with E-state index in [0.717, 1.165) is 5.82 Å². The normalized spacial score (nSPS) is 9.09. The van der Waals surface area contributed by atoms with Gasteiger partial charge in [0.2, 0.25) is 5.78 Å². The fourth-order valence-electron chi connectivity index (χ4n) is 0.771. The van der Waals surface area contributed by atoms with Gasteiger partial charge in [-0.3, -0.25) is 4.79 Å². The molecule has 3 nitrogen and oxygen atoms in total. The maximum absolute atomic E-state index is 10.7. The Kier molecular flexibility index (Phi) is 2.07. The average Bonchev–Trinajstić information content (AvgIpc) is 2.37. The minimum Gasteiger partial charge on any atom is -0.327 e. The van der Waals surface area contributed by atoms with Crippen LogP contribution in [0.4, 0.5) is 0 Å². The molecule has 0 N–H and O–H groups in total. The Morgan fingerprint density at radius 2 is 2.64 bits per heavy atom. The van der Waals surface area contributed by atoms with Crippen LogP contribution in [0.5, 0.6) is 0 Å². The lowest BCUT2D eigenvalue weighted by Crippen LogP contribution is -2.07. The van der Waals surface area contributed by atoms with Crippen molar-refractivity contribution in [1.82, 2.24) is 9.55 Å². The zero-order valence-electron chi connectivity index (χ0n) is 6.24. The van der Waals surface area contributed by atoms with Crippen molar-refractivity contribution in [3.63, 3.8) is 0 Å². The summed E-state index contributed by atoms with van der Waals surface area (Å²) in [4.78, 5) is 14.7. The summed E-state index contributed by atoms with van der Waals surface area (Å²) in [5.41, 5.74) is 0. The molecule has 1 aromatic heterocycles. The predicted molar refractivity (Wildman–Crippen MR) is 40.8 cm³/mol. The van der Waals surface area contributed by atoms with Crippen molar-refractivity contribution < 1.29 is 4.79 Å². The summed E-state index contributed by atoms with van der Waals surface area (Å²) in [6.07, 6.45) is 8.27. The van der Waals surface area contributed by atoms with Crippen LogP contribution < -0.4 is 0 Å². The van der Waals surface area contributed by atoms with Gasteiger partial charge in [0.05, 0.1) is 6.54 Å². The van der Waals surface area contributed by atoms with Crippen molar-refractivity contribution in [1.29, 1.82) is 0 Å². The van der Waals surface area contributed by atoms with Crippen molar-refractivity contribution in [2.45, 2.75) is 13.5 Å². The van der Waals surface area contributed by atoms with Crippen LogP contribution in [0.2, 0.25) is 0 Å². The summed E-state index contributed by atoms with van der Waals surface area (Å²) in [5, 5.41) is 0. The molecule has 0 aliphatic rings. The van der Waals surface area contributed by atoms with E-state index in [2.05, 4.69) is 4.98 Å². The highest BCUT2D eigenvalue weighted by Crippen LogP contribution is 1.94. The zero-order chi connectivity index (χ0) is 8.27. The molecular weight excluding hydrogens is 140 g/mol. The smallest absolute Gasteiger partial charge is 0.224 e. The van der Waals surface area contributed by atoms with Crippen molar-refractivity contribution in [2.24, 2.45) is 0 Å². The number of terminal acetylenes is 1. The molecule has 0 saturated carbocycles. The summed E-state index contributed by atoms with van der Waals surface area (Å²) in [5.74, 6) is 2.61. The molecule has 3 heteroatoms. The molecule has 1 rings (SSSR count). The monoisotopic (exact) mass is 148 g/mol. The van der Waals surface area contributed by atoms with E-state index in [1.54, 1.807) is 17.0 Å². The van der Waals surface area contributed by atoms with E-state index < -0.39 is 0 Å². The second-order valence-corrected chi connectivity index (χ2v) is 2.17. The molecule has 0 atom stereocenters. The van der Waals surface area contributed by atoms with E-state index in [1.807, 2.05) is 12.8 Å². The van der Waals surface area contributed by atoms with Crippen LogP contribution >= 0.6 is 0 Å². The Morgan fingerprint density at radius 3 is 3.09 bits per heavy atom. The number of aryl methyl sites for hydroxylation is 1. The molecule has 1 heterocycles. The molecule has 0 aliphatic heterocycles. The Balaban J connectivity index is 2.73. The molecule has 0 aliphatic carbocycles. The van der Waals surface area contributed by atoms with Crippen LogP contribution in [0, 0.1) is 19.3 Å². The lowest BCUT2D eigenvalue weighted by atomic mass is 10.4. The number of carbonyl (C=O) groups is 1. The first-order valence-electron chi connectivity index (χ1n) is 3.21. The number of Topliss-reactive ketones (excluding diaryl/α,β-unsaturated/α-hetero) is 1. The van der Waals surface area contributed by atoms with Gasteiger partial charge in [0.25, 0.3) is 0 Å². The van der Waals surface area contributed by atoms with Crippen LogP contribution in [0.15, 0.2) is 12.4 Å². The molecule has 0 bridgehead atoms. The quantitative estimate of drug-likeness (QED) is 0.449. The maximum Gasteiger partial charge on any atom is 0.224 e. The largest absolute Gasteiger partial charge is 0.327 e. The molecule has 1 aromatic rings. The van der Waals surface area contributed by atoms with Crippen molar-refractivity contribution in [3.8, 4) is 12.3 Å². The summed E-state index contributed by atoms with van der Waals surface area (Å²) in [6, 6.07) is 0. The molecule has 56 valence electrons. The number of aromatic nitrogens is 2. The van der Waals surface area contributed by atoms with Gasteiger partial charge in [-0.25, -0.2) is 4.98 Å². The zero-order valence-corrected chi connectivity index (χ0v) is 6.24. The predicted octanol–water partition coefficient (Wildman–Crippen LogP) is 0.394. The third-order valence-electron chi connectivity index (χ3n) is 1.40. The summed E-state index contributed by atoms with van der Waals surface area (Å²) in [7, 11) is 0. The number of carbonyl (C=O) groups excluding carboxylic acids is 1. The van der Waals surface area contributed by atoms with Crippen LogP contribution in [0.1, 0.15) is 5.82 Å². The van der Waals surface area contributed by atoms with E-state index in [4.69, 9.17) is 6.42 Å². The third kappa shape index (κ3) is 1.68. The molecule has 0 spiro atoms. The van der Waals surface area contributed by atoms with Crippen LogP contribution in [-0.4, -0.2) is 15.3 Å². The van der Waals surface area contributed by atoms with E-state index >= 15 is 0 Å². The van der Waals surface area contributed by atoms with Gasteiger partial charge >= 0.3 is 0 Å². The van der Waals surface area contributed by atoms with Gasteiger partial charge in [-0.1, -0.05) is 0 Å². The van der Waals surface area contributed by atoms with Gasteiger partial charge in [-0.05, 0) is 12.8 Å². The Morgan fingerprint density at radius 1 is 1.91 bits per heavy atom. The highest BCUT2D eigenvalue weighted by atomic mass is 16.1. The number of ketones is 1. The van der Waals surface area contributed by atoms with Gasteiger partial charge in [0.15, 0.2) is 0 Å². The Hall–Kier alpha value is -1.56. The first-order chi connectivity index (χ1) is 5.24. The van der Waals surface area contributed by atoms with E-state index in [-0.39, 0.29) is 12.3 Å². The molecule has 0 amide bonds. The van der Waals surface area contributed by atoms with E-state index in [0.29, 0.717) is 0 Å². The fraction of sp³-hybridized carbons (Fsp3) is 0.250. The molecular formula is C8H8N2O. The van der Waals surface area contributed by atoms with Crippen molar-refractivity contribution in [2.75, 3.05) is 0 Å². The van der Waals surface area contributed by atoms with Gasteiger partial charge in [0.1, 0.15) is 5.82 Å². The summed E-state index contributed by atoms with van der Waals surface area (Å²) in [6.45, 7) is 2.05. The maximum atomic E-state index is 10.7. The highest BCUT2D eigenvalue weighted by Gasteiger charge is 2.00. The molecule has 0 aromatic carbocycles. The summed E-state index contributed by atoms with van der Waals surface area (Å²) >= 11 is 0. The van der Waals surface area contributed by atoms with Gasteiger partial charge in [-0.2, -0.15) is 0 Å². The van der Waals surface area contributed by atoms with Crippen LogP contribution in [-0.2, 0) is 11.3 Å². The first-order valence-corrected chi connectivity index (χ1v) is 3.21. The Labute approximate surface area is 65.1 Å². The van der Waals surface area contributed by atoms with Gasteiger partial charge in [0, 0.05) is 12.4 Å². The highest BCUT2D eigenvalue weighted by molar-refractivity contribution is 5.94. The number of hydrogen-bond donors (Lipinski definition) is 0. The van der Waals surface area contributed by atoms with Crippen molar-refractivity contribution in [3.05, 3.63) is 18.2 Å². The minimum atomic E-state index is -0.230. The number of imidazole rings is 1. The fourth-order valence-corrected chi connectivity index (χ4v) is 0.771. The SMILES string of the molecule is C#CC(=O)Cn1ccnc1C. The van der Waals surface area contributed by atoms with Crippen LogP contribution in [0.25, 0.3) is 0 Å². The molecule has 0 unspecified atom stereocenters. The van der Waals surface area contributed by atoms with Gasteiger partial charge in [-0.15, -0.1) is 6.42 Å². The number of rotatable bonds is 2. The standard InChI is InChI=1S/C8H8N2O/c1-3-8(11)6-10-5-4-9-7(10)2/h1,4-5H,6H2,2H3. The second kappa shape index (κ2) is 3.02. The lowest BCUT2D eigenvalue weighted by Gasteiger charge is -1.98. The molecule has 11 heavy (non-hydrogen) atoms. The van der Waals surface area contributed by atoms with Gasteiger partial charge < -0.3 is 4.57 Å². The minimum absolute atomic E-state index is 0.225. The second-order valence-electron chi connectivity index (χ2n) is 2.17. The van der Waals surface area contributed by atoms with E-state index in [1.165, 1.54) is 0 Å². The molecule has 0 saturated heterocycles. The van der Waals surface area contributed by atoms with E-state index in [9.17, 15) is 4.79 Å². The van der Waals surface area contributed by atoms with Crippen molar-refractivity contribution >= 4 is 5.78 Å². The van der Waals surface area contributed by atoms with Crippen LogP contribution in [0.3, 0.4) is 0 Å². The Bertz CT molecular complexity index is 306. The first kappa shape index (κ1) is 7.55. The number of hydrogen-bond acceptors (Lipinski definition) is 2. The molecule has 0 fully saturated rings. The average molecular weight is 148 g/mol. The lowest BCUT2D eigenvalue weighted by molar-refractivity contribution is -0.114. The summed E-state index contributed by atoms with van der Waals surface area (Å²) < 4.78 is 1.71.